The average molecular weight is 378 g/mol. The average Bonchev–Trinajstić information content (AvgIpc) is 2.57. The number of halogens is 1. The van der Waals surface area contributed by atoms with Gasteiger partial charge in [-0.3, -0.25) is 4.79 Å². The van der Waals surface area contributed by atoms with Gasteiger partial charge in [-0.05, 0) is 37.6 Å². The maximum Gasteiger partial charge on any atom is 0.339 e. The molecule has 0 fully saturated rings. The third-order valence-corrected chi connectivity index (χ3v) is 4.66. The molecule has 6 heteroatoms. The van der Waals surface area contributed by atoms with E-state index in [0.29, 0.717) is 16.5 Å². The van der Waals surface area contributed by atoms with E-state index < -0.39 is 5.97 Å². The van der Waals surface area contributed by atoms with E-state index in [1.165, 1.54) is 29.0 Å². The fourth-order valence-electron chi connectivity index (χ4n) is 2.23. The summed E-state index contributed by atoms with van der Waals surface area (Å²) in [5.41, 5.74) is 3.16. The second-order valence-corrected chi connectivity index (χ2v) is 6.84. The lowest BCUT2D eigenvalue weighted by Crippen LogP contribution is -2.15. The van der Waals surface area contributed by atoms with Crippen LogP contribution in [0, 0.1) is 6.92 Å². The third kappa shape index (κ3) is 6.11. The molecule has 0 radical (unpaired) electrons. The number of anilines is 1. The fourth-order valence-corrected chi connectivity index (χ4v) is 3.20. The number of amides is 1. The first-order valence-corrected chi connectivity index (χ1v) is 9.42. The van der Waals surface area contributed by atoms with Crippen LogP contribution < -0.4 is 5.32 Å². The first-order valence-electron chi connectivity index (χ1n) is 7.89. The summed E-state index contributed by atoms with van der Waals surface area (Å²) in [7, 11) is 0. The first kappa shape index (κ1) is 19.3. The van der Waals surface area contributed by atoms with Gasteiger partial charge in [0, 0.05) is 11.4 Å². The van der Waals surface area contributed by atoms with Crippen LogP contribution in [0.4, 0.5) is 5.69 Å². The van der Waals surface area contributed by atoms with Gasteiger partial charge in [-0.15, -0.1) is 11.8 Å². The smallest absolute Gasteiger partial charge is 0.339 e. The highest BCUT2D eigenvalue weighted by molar-refractivity contribution is 7.99. The molecule has 0 heterocycles. The van der Waals surface area contributed by atoms with Gasteiger partial charge in [0.15, 0.2) is 0 Å². The molecule has 1 N–H and O–H groups in total. The molecule has 0 aliphatic rings. The summed E-state index contributed by atoms with van der Waals surface area (Å²) in [5, 5.41) is 3.07. The summed E-state index contributed by atoms with van der Waals surface area (Å²) in [4.78, 5) is 23.9. The van der Waals surface area contributed by atoms with Crippen molar-refractivity contribution < 1.29 is 14.3 Å². The van der Waals surface area contributed by atoms with E-state index in [9.17, 15) is 9.59 Å². The largest absolute Gasteiger partial charge is 0.462 e. The number of carbonyl (C=O) groups excluding carboxylic acids is 2. The topological polar surface area (TPSA) is 55.4 Å². The second-order valence-electron chi connectivity index (χ2n) is 5.45. The quantitative estimate of drug-likeness (QED) is 0.711. The highest BCUT2D eigenvalue weighted by Crippen LogP contribution is 2.22. The van der Waals surface area contributed by atoms with E-state index in [-0.39, 0.29) is 18.1 Å². The molecule has 2 aromatic carbocycles. The zero-order valence-electron chi connectivity index (χ0n) is 14.2. The van der Waals surface area contributed by atoms with Gasteiger partial charge in [0.05, 0.1) is 22.9 Å². The number of aryl methyl sites for hydroxylation is 1. The second kappa shape index (κ2) is 9.49. The fraction of sp³-hybridized carbons (Fsp3) is 0.263. The van der Waals surface area contributed by atoms with Gasteiger partial charge in [0.1, 0.15) is 0 Å². The van der Waals surface area contributed by atoms with Gasteiger partial charge in [-0.2, -0.15) is 0 Å². The molecule has 0 atom stereocenters. The zero-order valence-corrected chi connectivity index (χ0v) is 15.7. The van der Waals surface area contributed by atoms with Crippen LogP contribution in [-0.4, -0.2) is 24.2 Å². The van der Waals surface area contributed by atoms with Crippen LogP contribution in [0.5, 0.6) is 0 Å². The molecule has 0 spiro atoms. The van der Waals surface area contributed by atoms with Crippen molar-refractivity contribution in [2.45, 2.75) is 19.6 Å². The molecule has 0 unspecified atom stereocenters. The molecule has 4 nitrogen and oxygen atoms in total. The number of hydrogen-bond donors (Lipinski definition) is 1. The predicted octanol–water partition coefficient (Wildman–Crippen LogP) is 4.70. The molecule has 1 amide bonds. The van der Waals surface area contributed by atoms with Crippen LogP contribution in [0.2, 0.25) is 5.02 Å². The number of ether oxygens (including phenoxy) is 1. The van der Waals surface area contributed by atoms with Crippen LogP contribution in [0.3, 0.4) is 0 Å². The Morgan fingerprint density at radius 1 is 1.20 bits per heavy atom. The van der Waals surface area contributed by atoms with Crippen LogP contribution in [-0.2, 0) is 15.3 Å². The van der Waals surface area contributed by atoms with Crippen LogP contribution in [0.15, 0.2) is 42.5 Å². The monoisotopic (exact) mass is 377 g/mol. The summed E-state index contributed by atoms with van der Waals surface area (Å²) in [6, 6.07) is 13.0. The molecule has 0 aliphatic carbocycles. The van der Waals surface area contributed by atoms with Crippen LogP contribution in [0.25, 0.3) is 0 Å². The van der Waals surface area contributed by atoms with Crippen molar-refractivity contribution in [2.75, 3.05) is 17.7 Å². The Labute approximate surface area is 156 Å². The number of carbonyl (C=O) groups is 2. The van der Waals surface area contributed by atoms with E-state index in [0.717, 1.165) is 5.75 Å². The molecule has 0 bridgehead atoms. The molecule has 0 saturated heterocycles. The van der Waals surface area contributed by atoms with Crippen molar-refractivity contribution in [1.82, 2.24) is 0 Å². The number of benzene rings is 2. The number of esters is 1. The number of hydrogen-bond acceptors (Lipinski definition) is 4. The number of nitrogens with one attached hydrogen (secondary N) is 1. The summed E-state index contributed by atoms with van der Waals surface area (Å²) in [5.74, 6) is 0.460. The minimum absolute atomic E-state index is 0.130. The van der Waals surface area contributed by atoms with E-state index in [4.69, 9.17) is 16.3 Å². The highest BCUT2D eigenvalue weighted by atomic mass is 35.5. The molecule has 2 aromatic rings. The minimum Gasteiger partial charge on any atom is -0.462 e. The molecule has 0 aromatic heterocycles. The molecular formula is C19H20ClNO3S. The lowest BCUT2D eigenvalue weighted by atomic mass is 10.2. The molecule has 0 aliphatic heterocycles. The minimum atomic E-state index is -0.502. The first-order chi connectivity index (χ1) is 12.0. The maximum absolute atomic E-state index is 12.1. The van der Waals surface area contributed by atoms with E-state index >= 15 is 0 Å². The Bertz CT molecular complexity index is 764. The standard InChI is InChI=1S/C19H20ClNO3S/c1-3-24-19(23)16-10-15(7-8-17(16)20)21-18(22)12-25-11-14-6-4-5-13(2)9-14/h4-10H,3,11-12H2,1-2H3,(H,21,22). The van der Waals surface area contributed by atoms with Crippen molar-refractivity contribution in [1.29, 1.82) is 0 Å². The Morgan fingerprint density at radius 3 is 2.72 bits per heavy atom. The number of rotatable bonds is 7. The summed E-state index contributed by atoms with van der Waals surface area (Å²) in [6.45, 7) is 4.03. The Morgan fingerprint density at radius 2 is 2.00 bits per heavy atom. The van der Waals surface area contributed by atoms with Crippen molar-refractivity contribution in [3.05, 3.63) is 64.2 Å². The van der Waals surface area contributed by atoms with Gasteiger partial charge < -0.3 is 10.1 Å². The van der Waals surface area contributed by atoms with Crippen molar-refractivity contribution >= 4 is 40.9 Å². The van der Waals surface area contributed by atoms with E-state index in [1.54, 1.807) is 19.1 Å². The summed E-state index contributed by atoms with van der Waals surface area (Å²) in [6.07, 6.45) is 0. The predicted molar refractivity (Wildman–Crippen MR) is 103 cm³/mol. The Balaban J connectivity index is 1.89. The number of thioether (sulfide) groups is 1. The normalized spacial score (nSPS) is 10.4. The lowest BCUT2D eigenvalue weighted by Gasteiger charge is -2.09. The molecule has 132 valence electrons. The highest BCUT2D eigenvalue weighted by Gasteiger charge is 2.13. The Kier molecular flexibility index (Phi) is 7.34. The van der Waals surface area contributed by atoms with Gasteiger partial charge in [-0.25, -0.2) is 4.79 Å². The van der Waals surface area contributed by atoms with Crippen molar-refractivity contribution in [3.63, 3.8) is 0 Å². The van der Waals surface area contributed by atoms with E-state index in [2.05, 4.69) is 11.4 Å². The zero-order chi connectivity index (χ0) is 18.2. The maximum atomic E-state index is 12.1. The van der Waals surface area contributed by atoms with Gasteiger partial charge >= 0.3 is 5.97 Å². The SMILES string of the molecule is CCOC(=O)c1cc(NC(=O)CSCc2cccc(C)c2)ccc1Cl. The van der Waals surface area contributed by atoms with Crippen molar-refractivity contribution in [2.24, 2.45) is 0 Å². The molecule has 0 saturated carbocycles. The van der Waals surface area contributed by atoms with Gasteiger partial charge in [-0.1, -0.05) is 41.4 Å². The molecule has 25 heavy (non-hydrogen) atoms. The third-order valence-electron chi connectivity index (χ3n) is 3.33. The lowest BCUT2D eigenvalue weighted by molar-refractivity contribution is -0.113. The van der Waals surface area contributed by atoms with E-state index in [1.807, 2.05) is 25.1 Å². The van der Waals surface area contributed by atoms with Gasteiger partial charge in [0.2, 0.25) is 5.91 Å². The molecule has 2 rings (SSSR count). The summed E-state index contributed by atoms with van der Waals surface area (Å²) < 4.78 is 4.95. The van der Waals surface area contributed by atoms with Crippen molar-refractivity contribution in [3.8, 4) is 0 Å². The Hall–Kier alpha value is -1.98. The van der Waals surface area contributed by atoms with Crippen LogP contribution >= 0.6 is 23.4 Å². The van der Waals surface area contributed by atoms with Crippen LogP contribution in [0.1, 0.15) is 28.4 Å². The summed E-state index contributed by atoms with van der Waals surface area (Å²) >= 11 is 7.54. The van der Waals surface area contributed by atoms with Gasteiger partial charge in [0.25, 0.3) is 0 Å². The molecular weight excluding hydrogens is 358 g/mol.